The highest BCUT2D eigenvalue weighted by atomic mass is 16.4. The van der Waals surface area contributed by atoms with Crippen molar-refractivity contribution in [3.05, 3.63) is 95.6 Å². The average molecular weight is 386 g/mol. The summed E-state index contributed by atoms with van der Waals surface area (Å²) in [6, 6.07) is 27.8. The smallest absolute Gasteiger partial charge is 0.307 e. The summed E-state index contributed by atoms with van der Waals surface area (Å²) in [6.07, 6.45) is 1.68. The Morgan fingerprint density at radius 3 is 2.10 bits per heavy atom. The molecule has 1 aliphatic rings. The van der Waals surface area contributed by atoms with Crippen molar-refractivity contribution in [2.45, 2.75) is 25.8 Å². The van der Waals surface area contributed by atoms with E-state index in [1.165, 1.54) is 27.8 Å². The summed E-state index contributed by atoms with van der Waals surface area (Å²) in [5, 5.41) is 9.55. The zero-order valence-electron chi connectivity index (χ0n) is 16.8. The molecule has 1 heterocycles. The highest BCUT2D eigenvalue weighted by Gasteiger charge is 2.31. The fraction of sp³-hybridized carbons (Fsp3) is 0.269. The highest BCUT2D eigenvalue weighted by molar-refractivity contribution is 5.70. The van der Waals surface area contributed by atoms with E-state index in [2.05, 4.69) is 84.6 Å². The van der Waals surface area contributed by atoms with Gasteiger partial charge in [0.1, 0.15) is 0 Å². The number of hydrogen-bond acceptors (Lipinski definition) is 2. The number of aryl methyl sites for hydroxylation is 1. The monoisotopic (exact) mass is 385 g/mol. The summed E-state index contributed by atoms with van der Waals surface area (Å²) in [4.78, 5) is 14.0. The van der Waals surface area contributed by atoms with Gasteiger partial charge in [0.2, 0.25) is 0 Å². The molecule has 0 saturated carbocycles. The average Bonchev–Trinajstić information content (AvgIpc) is 2.77. The summed E-state index contributed by atoms with van der Waals surface area (Å²) >= 11 is 0. The van der Waals surface area contributed by atoms with Crippen LogP contribution >= 0.6 is 0 Å². The molecule has 0 aromatic heterocycles. The van der Waals surface area contributed by atoms with Crippen LogP contribution in [-0.2, 0) is 4.79 Å². The molecule has 3 heteroatoms. The molecular weight excluding hydrogens is 358 g/mol. The number of likely N-dealkylation sites (tertiary alicyclic amines) is 1. The maximum atomic E-state index is 11.6. The van der Waals surface area contributed by atoms with E-state index in [0.717, 1.165) is 19.4 Å². The summed E-state index contributed by atoms with van der Waals surface area (Å²) < 4.78 is 0. The SMILES string of the molecule is Cc1ccc(C(c2ccc(-c3ccccc3)cc2)N2CCCC(C(=O)O)C2)cc1. The number of nitrogens with zero attached hydrogens (tertiary/aromatic N) is 1. The number of aliphatic carboxylic acids is 1. The van der Waals surface area contributed by atoms with Crippen LogP contribution in [0.5, 0.6) is 0 Å². The van der Waals surface area contributed by atoms with E-state index in [1.807, 2.05) is 6.07 Å². The Balaban J connectivity index is 1.68. The van der Waals surface area contributed by atoms with Crippen molar-refractivity contribution in [3.8, 4) is 11.1 Å². The molecule has 0 radical (unpaired) electrons. The summed E-state index contributed by atoms with van der Waals surface area (Å²) in [7, 11) is 0. The first kappa shape index (κ1) is 19.4. The van der Waals surface area contributed by atoms with Crippen LogP contribution in [0.4, 0.5) is 0 Å². The van der Waals surface area contributed by atoms with Gasteiger partial charge in [-0.25, -0.2) is 0 Å². The Bertz CT molecular complexity index is 948. The van der Waals surface area contributed by atoms with Crippen molar-refractivity contribution in [2.24, 2.45) is 5.92 Å². The first-order valence-electron chi connectivity index (χ1n) is 10.3. The van der Waals surface area contributed by atoms with Crippen LogP contribution < -0.4 is 0 Å². The number of rotatable bonds is 5. The number of carbonyl (C=O) groups is 1. The quantitative estimate of drug-likeness (QED) is 0.626. The van der Waals surface area contributed by atoms with E-state index in [-0.39, 0.29) is 12.0 Å². The Hall–Kier alpha value is -2.91. The van der Waals surface area contributed by atoms with Gasteiger partial charge < -0.3 is 5.11 Å². The van der Waals surface area contributed by atoms with E-state index < -0.39 is 5.97 Å². The van der Waals surface area contributed by atoms with Crippen molar-refractivity contribution in [1.82, 2.24) is 4.90 Å². The molecule has 2 unspecified atom stereocenters. The van der Waals surface area contributed by atoms with Gasteiger partial charge in [0.05, 0.1) is 12.0 Å². The molecule has 2 atom stereocenters. The predicted molar refractivity (Wildman–Crippen MR) is 117 cm³/mol. The van der Waals surface area contributed by atoms with Gasteiger partial charge in [-0.1, -0.05) is 84.4 Å². The van der Waals surface area contributed by atoms with Crippen molar-refractivity contribution in [1.29, 1.82) is 0 Å². The van der Waals surface area contributed by atoms with E-state index in [0.29, 0.717) is 6.54 Å². The highest BCUT2D eigenvalue weighted by Crippen LogP contribution is 2.34. The maximum Gasteiger partial charge on any atom is 0.307 e. The fourth-order valence-corrected chi connectivity index (χ4v) is 4.29. The lowest BCUT2D eigenvalue weighted by Gasteiger charge is -2.37. The van der Waals surface area contributed by atoms with Gasteiger partial charge >= 0.3 is 5.97 Å². The molecule has 4 rings (SSSR count). The molecule has 3 nitrogen and oxygen atoms in total. The van der Waals surface area contributed by atoms with E-state index >= 15 is 0 Å². The van der Waals surface area contributed by atoms with Crippen LogP contribution in [0.1, 0.15) is 35.6 Å². The van der Waals surface area contributed by atoms with Crippen LogP contribution in [0.15, 0.2) is 78.9 Å². The van der Waals surface area contributed by atoms with Crippen molar-refractivity contribution in [2.75, 3.05) is 13.1 Å². The van der Waals surface area contributed by atoms with E-state index in [1.54, 1.807) is 0 Å². The summed E-state index contributed by atoms with van der Waals surface area (Å²) in [5.41, 5.74) is 6.05. The Morgan fingerprint density at radius 1 is 0.897 bits per heavy atom. The second-order valence-corrected chi connectivity index (χ2v) is 7.97. The molecule has 0 spiro atoms. The van der Waals surface area contributed by atoms with Gasteiger partial charge in [0.15, 0.2) is 0 Å². The second-order valence-electron chi connectivity index (χ2n) is 7.97. The normalized spacial score (nSPS) is 18.3. The lowest BCUT2D eigenvalue weighted by Crippen LogP contribution is -2.41. The zero-order valence-corrected chi connectivity index (χ0v) is 16.8. The minimum Gasteiger partial charge on any atom is -0.481 e. The van der Waals surface area contributed by atoms with Crippen LogP contribution in [-0.4, -0.2) is 29.1 Å². The molecule has 0 bridgehead atoms. The molecule has 1 N–H and O–H groups in total. The molecule has 148 valence electrons. The lowest BCUT2D eigenvalue weighted by atomic mass is 9.90. The van der Waals surface area contributed by atoms with Crippen molar-refractivity contribution in [3.63, 3.8) is 0 Å². The molecule has 1 saturated heterocycles. The Labute approximate surface area is 172 Å². The minimum atomic E-state index is -0.684. The van der Waals surface area contributed by atoms with Crippen LogP contribution in [0.2, 0.25) is 0 Å². The molecule has 3 aromatic rings. The summed E-state index contributed by atoms with van der Waals surface area (Å²) in [6.45, 7) is 3.60. The molecule has 1 aliphatic heterocycles. The van der Waals surface area contributed by atoms with Crippen LogP contribution in [0.3, 0.4) is 0 Å². The molecular formula is C26H27NO2. The van der Waals surface area contributed by atoms with Gasteiger partial charge in [-0.05, 0) is 48.6 Å². The zero-order chi connectivity index (χ0) is 20.2. The molecule has 1 fully saturated rings. The predicted octanol–water partition coefficient (Wildman–Crippen LogP) is 5.55. The second kappa shape index (κ2) is 8.62. The largest absolute Gasteiger partial charge is 0.481 e. The first-order chi connectivity index (χ1) is 14.1. The Kier molecular flexibility index (Phi) is 5.77. The van der Waals surface area contributed by atoms with E-state index in [9.17, 15) is 9.90 Å². The molecule has 0 aliphatic carbocycles. The number of hydrogen-bond donors (Lipinski definition) is 1. The lowest BCUT2D eigenvalue weighted by molar-refractivity contribution is -0.143. The fourth-order valence-electron chi connectivity index (χ4n) is 4.29. The third-order valence-electron chi connectivity index (χ3n) is 5.89. The topological polar surface area (TPSA) is 40.5 Å². The number of piperidine rings is 1. The van der Waals surface area contributed by atoms with Gasteiger partial charge in [-0.15, -0.1) is 0 Å². The summed E-state index contributed by atoms with van der Waals surface area (Å²) in [5.74, 6) is -0.975. The third-order valence-corrected chi connectivity index (χ3v) is 5.89. The number of carboxylic acid groups (broad SMARTS) is 1. The van der Waals surface area contributed by atoms with E-state index in [4.69, 9.17) is 0 Å². The number of benzene rings is 3. The maximum absolute atomic E-state index is 11.6. The van der Waals surface area contributed by atoms with Gasteiger partial charge in [0, 0.05) is 6.54 Å². The van der Waals surface area contributed by atoms with Crippen molar-refractivity contribution < 1.29 is 9.90 Å². The van der Waals surface area contributed by atoms with Crippen LogP contribution in [0.25, 0.3) is 11.1 Å². The number of carboxylic acids is 1. The third kappa shape index (κ3) is 4.41. The van der Waals surface area contributed by atoms with Gasteiger partial charge in [0.25, 0.3) is 0 Å². The standard InChI is InChI=1S/C26H27NO2/c1-19-9-11-22(12-10-19)25(27-17-5-8-24(18-27)26(28)29)23-15-13-21(14-16-23)20-6-3-2-4-7-20/h2-4,6-7,9-16,24-25H,5,8,17-18H2,1H3,(H,28,29). The van der Waals surface area contributed by atoms with Crippen LogP contribution in [0, 0.1) is 12.8 Å². The van der Waals surface area contributed by atoms with Gasteiger partial charge in [-0.2, -0.15) is 0 Å². The minimum absolute atomic E-state index is 0.0718. The van der Waals surface area contributed by atoms with Gasteiger partial charge in [-0.3, -0.25) is 9.69 Å². The van der Waals surface area contributed by atoms with Crippen molar-refractivity contribution >= 4 is 5.97 Å². The molecule has 0 amide bonds. The molecule has 3 aromatic carbocycles. The molecule has 29 heavy (non-hydrogen) atoms. The Morgan fingerprint density at radius 2 is 1.48 bits per heavy atom. The first-order valence-corrected chi connectivity index (χ1v) is 10.3.